The maximum atomic E-state index is 6.10. The lowest BCUT2D eigenvalue weighted by molar-refractivity contribution is 0.516. The van der Waals surface area contributed by atoms with E-state index in [1.165, 1.54) is 0 Å². The third-order valence-electron chi connectivity index (χ3n) is 3.20. The number of hydrogen-bond donors (Lipinski definition) is 1. The highest BCUT2D eigenvalue weighted by Gasteiger charge is 2.17. The van der Waals surface area contributed by atoms with E-state index in [0.29, 0.717) is 0 Å². The summed E-state index contributed by atoms with van der Waals surface area (Å²) in [5.41, 5.74) is 1.13. The van der Waals surface area contributed by atoms with Crippen LogP contribution in [0.4, 0.5) is 0 Å². The number of aryl methyl sites for hydroxylation is 1. The predicted octanol–water partition coefficient (Wildman–Crippen LogP) is 3.61. The summed E-state index contributed by atoms with van der Waals surface area (Å²) in [5.74, 6) is 0.984. The van der Waals surface area contributed by atoms with Gasteiger partial charge in [-0.1, -0.05) is 34.5 Å². The van der Waals surface area contributed by atoms with Crippen LogP contribution in [0.25, 0.3) is 0 Å². The Morgan fingerprint density at radius 3 is 2.95 bits per heavy atom. The van der Waals surface area contributed by atoms with Crippen molar-refractivity contribution in [3.63, 3.8) is 0 Å². The molecule has 0 fully saturated rings. The van der Waals surface area contributed by atoms with Gasteiger partial charge < -0.3 is 5.32 Å². The Morgan fingerprint density at radius 2 is 2.25 bits per heavy atom. The molecule has 0 radical (unpaired) electrons. The molecule has 1 atom stereocenters. The summed E-state index contributed by atoms with van der Waals surface area (Å²) in [6.07, 6.45) is 3.43. The fourth-order valence-electron chi connectivity index (χ4n) is 2.18. The molecule has 1 N–H and O–H groups in total. The SMILES string of the molecule is CCCn1ncnc1CC(NC)c1cc(Cl)ccc1Br. The normalized spacial score (nSPS) is 12.6. The molecule has 1 heterocycles. The first-order chi connectivity index (χ1) is 9.65. The Balaban J connectivity index is 2.24. The molecule has 2 rings (SSSR count). The van der Waals surface area contributed by atoms with Gasteiger partial charge in [-0.25, -0.2) is 4.98 Å². The number of likely N-dealkylation sites (N-methyl/N-ethyl adjacent to an activating group) is 1. The molecule has 0 saturated carbocycles. The summed E-state index contributed by atoms with van der Waals surface area (Å²) in [6.45, 7) is 3.02. The molecule has 0 amide bonds. The average molecular weight is 358 g/mol. The molecule has 1 aromatic heterocycles. The molecule has 1 unspecified atom stereocenters. The van der Waals surface area contributed by atoms with Gasteiger partial charge in [-0.2, -0.15) is 5.10 Å². The van der Waals surface area contributed by atoms with Crippen LogP contribution in [0, 0.1) is 0 Å². The summed E-state index contributed by atoms with van der Waals surface area (Å²) >= 11 is 9.68. The van der Waals surface area contributed by atoms with Crippen molar-refractivity contribution in [2.75, 3.05) is 7.05 Å². The minimum Gasteiger partial charge on any atom is -0.313 e. The zero-order chi connectivity index (χ0) is 14.5. The summed E-state index contributed by atoms with van der Waals surface area (Å²) in [5, 5.41) is 8.33. The van der Waals surface area contributed by atoms with Crippen molar-refractivity contribution in [2.24, 2.45) is 0 Å². The molecule has 20 heavy (non-hydrogen) atoms. The van der Waals surface area contributed by atoms with E-state index in [2.05, 4.69) is 38.3 Å². The number of nitrogens with one attached hydrogen (secondary N) is 1. The van der Waals surface area contributed by atoms with Gasteiger partial charge in [-0.3, -0.25) is 4.68 Å². The van der Waals surface area contributed by atoms with Crippen LogP contribution in [0.3, 0.4) is 0 Å². The second-order valence-corrected chi connectivity index (χ2v) is 5.90. The van der Waals surface area contributed by atoms with Crippen molar-refractivity contribution in [2.45, 2.75) is 32.4 Å². The second kappa shape index (κ2) is 7.20. The molecule has 2 aromatic rings. The van der Waals surface area contributed by atoms with Crippen LogP contribution in [0.1, 0.15) is 30.8 Å². The number of benzene rings is 1. The largest absolute Gasteiger partial charge is 0.313 e. The highest BCUT2D eigenvalue weighted by molar-refractivity contribution is 9.10. The van der Waals surface area contributed by atoms with Crippen LogP contribution in [-0.4, -0.2) is 21.8 Å². The van der Waals surface area contributed by atoms with Crippen molar-refractivity contribution in [1.82, 2.24) is 20.1 Å². The van der Waals surface area contributed by atoms with Gasteiger partial charge >= 0.3 is 0 Å². The first-order valence-electron chi connectivity index (χ1n) is 6.64. The highest BCUT2D eigenvalue weighted by Crippen LogP contribution is 2.28. The fourth-order valence-corrected chi connectivity index (χ4v) is 2.88. The van der Waals surface area contributed by atoms with E-state index in [9.17, 15) is 0 Å². The fraction of sp³-hybridized carbons (Fsp3) is 0.429. The minimum atomic E-state index is 0.142. The van der Waals surface area contributed by atoms with E-state index < -0.39 is 0 Å². The molecular weight excluding hydrogens is 340 g/mol. The Labute approximate surface area is 132 Å². The minimum absolute atomic E-state index is 0.142. The number of nitrogens with zero attached hydrogens (tertiary/aromatic N) is 3. The Kier molecular flexibility index (Phi) is 5.57. The number of aromatic nitrogens is 3. The summed E-state index contributed by atoms with van der Waals surface area (Å²) in [7, 11) is 1.94. The van der Waals surface area contributed by atoms with E-state index in [4.69, 9.17) is 11.6 Å². The number of hydrogen-bond acceptors (Lipinski definition) is 3. The Morgan fingerprint density at radius 1 is 1.45 bits per heavy atom. The zero-order valence-electron chi connectivity index (χ0n) is 11.6. The topological polar surface area (TPSA) is 42.7 Å². The predicted molar refractivity (Wildman–Crippen MR) is 85.0 cm³/mol. The summed E-state index contributed by atoms with van der Waals surface area (Å²) < 4.78 is 3.01. The molecule has 0 aliphatic rings. The van der Waals surface area contributed by atoms with Gasteiger partial charge in [0.2, 0.25) is 0 Å². The summed E-state index contributed by atoms with van der Waals surface area (Å²) in [4.78, 5) is 4.36. The average Bonchev–Trinajstić information content (AvgIpc) is 2.87. The van der Waals surface area contributed by atoms with Gasteiger partial charge in [-0.15, -0.1) is 0 Å². The van der Waals surface area contributed by atoms with Gasteiger partial charge in [-0.05, 0) is 37.2 Å². The zero-order valence-corrected chi connectivity index (χ0v) is 13.9. The third kappa shape index (κ3) is 3.59. The van der Waals surface area contributed by atoms with Gasteiger partial charge in [0, 0.05) is 28.5 Å². The van der Waals surface area contributed by atoms with Gasteiger partial charge in [0.1, 0.15) is 12.2 Å². The number of rotatable bonds is 6. The van der Waals surface area contributed by atoms with Crippen molar-refractivity contribution >= 4 is 27.5 Å². The molecule has 6 heteroatoms. The van der Waals surface area contributed by atoms with E-state index in [1.54, 1.807) is 6.33 Å². The molecule has 1 aromatic carbocycles. The maximum Gasteiger partial charge on any atom is 0.138 e. The first kappa shape index (κ1) is 15.5. The molecule has 0 spiro atoms. The van der Waals surface area contributed by atoms with E-state index >= 15 is 0 Å². The van der Waals surface area contributed by atoms with E-state index in [0.717, 1.165) is 40.3 Å². The maximum absolute atomic E-state index is 6.10. The molecule has 108 valence electrons. The van der Waals surface area contributed by atoms with Gasteiger partial charge in [0.05, 0.1) is 0 Å². The van der Waals surface area contributed by atoms with E-state index in [1.807, 2.05) is 29.9 Å². The van der Waals surface area contributed by atoms with Crippen LogP contribution in [0.5, 0.6) is 0 Å². The Bertz CT molecular complexity index is 570. The Hall–Kier alpha value is -0.910. The first-order valence-corrected chi connectivity index (χ1v) is 7.81. The van der Waals surface area contributed by atoms with Crippen LogP contribution in [-0.2, 0) is 13.0 Å². The number of halogens is 2. The highest BCUT2D eigenvalue weighted by atomic mass is 79.9. The molecule has 0 bridgehead atoms. The molecule has 0 aliphatic carbocycles. The lowest BCUT2D eigenvalue weighted by Crippen LogP contribution is -2.21. The monoisotopic (exact) mass is 356 g/mol. The van der Waals surface area contributed by atoms with Crippen LogP contribution < -0.4 is 5.32 Å². The van der Waals surface area contributed by atoms with Gasteiger partial charge in [0.25, 0.3) is 0 Å². The molecule has 0 saturated heterocycles. The van der Waals surface area contributed by atoms with Crippen LogP contribution >= 0.6 is 27.5 Å². The van der Waals surface area contributed by atoms with E-state index in [-0.39, 0.29) is 6.04 Å². The molecule has 0 aliphatic heterocycles. The van der Waals surface area contributed by atoms with Crippen molar-refractivity contribution in [3.8, 4) is 0 Å². The lowest BCUT2D eigenvalue weighted by Gasteiger charge is -2.18. The van der Waals surface area contributed by atoms with Crippen molar-refractivity contribution in [1.29, 1.82) is 0 Å². The molecular formula is C14H18BrClN4. The van der Waals surface area contributed by atoms with Crippen LogP contribution in [0.2, 0.25) is 5.02 Å². The third-order valence-corrected chi connectivity index (χ3v) is 4.16. The second-order valence-electron chi connectivity index (χ2n) is 4.61. The quantitative estimate of drug-likeness (QED) is 0.859. The summed E-state index contributed by atoms with van der Waals surface area (Å²) in [6, 6.07) is 5.97. The standard InChI is InChI=1S/C14H18BrClN4/c1-3-6-20-14(18-9-19-20)8-13(17-2)11-7-10(16)4-5-12(11)15/h4-5,7,9,13,17H,3,6,8H2,1-2H3. The van der Waals surface area contributed by atoms with Gasteiger partial charge in [0.15, 0.2) is 0 Å². The van der Waals surface area contributed by atoms with Crippen LogP contribution in [0.15, 0.2) is 29.0 Å². The molecule has 4 nitrogen and oxygen atoms in total. The van der Waals surface area contributed by atoms with Crippen molar-refractivity contribution in [3.05, 3.63) is 45.4 Å². The van der Waals surface area contributed by atoms with Crippen molar-refractivity contribution < 1.29 is 0 Å². The smallest absolute Gasteiger partial charge is 0.138 e. The lowest BCUT2D eigenvalue weighted by atomic mass is 10.0.